The molecule has 0 aliphatic carbocycles. The molecule has 0 amide bonds. The van der Waals surface area contributed by atoms with Gasteiger partial charge in [0.05, 0.1) is 5.56 Å². The Bertz CT molecular complexity index is 468. The van der Waals surface area contributed by atoms with E-state index in [2.05, 4.69) is 5.10 Å². The maximum atomic E-state index is 10.7. The van der Waals surface area contributed by atoms with Gasteiger partial charge in [0, 0.05) is 13.2 Å². The van der Waals surface area contributed by atoms with Gasteiger partial charge in [-0.3, -0.25) is 9.48 Å². The summed E-state index contributed by atoms with van der Waals surface area (Å²) in [7, 11) is 1.77. The van der Waals surface area contributed by atoms with Crippen LogP contribution in [0.1, 0.15) is 16.1 Å². The second kappa shape index (κ2) is 3.14. The number of rotatable bonds is 2. The van der Waals surface area contributed by atoms with Gasteiger partial charge < -0.3 is 4.42 Å². The van der Waals surface area contributed by atoms with Gasteiger partial charge in [-0.05, 0) is 19.1 Å². The third-order valence-electron chi connectivity index (χ3n) is 1.96. The second-order valence-corrected chi connectivity index (χ2v) is 3.13. The van der Waals surface area contributed by atoms with E-state index in [0.29, 0.717) is 17.0 Å². The van der Waals surface area contributed by atoms with Crippen LogP contribution in [0.25, 0.3) is 11.5 Å². The van der Waals surface area contributed by atoms with Crippen LogP contribution in [0.5, 0.6) is 0 Å². The summed E-state index contributed by atoms with van der Waals surface area (Å²) in [6.07, 6.45) is 2.44. The summed E-state index contributed by atoms with van der Waals surface area (Å²) in [5.74, 6) is 1.44. The van der Waals surface area contributed by atoms with Crippen molar-refractivity contribution >= 4 is 6.29 Å². The second-order valence-electron chi connectivity index (χ2n) is 3.13. The van der Waals surface area contributed by atoms with Crippen LogP contribution in [0, 0.1) is 6.92 Å². The zero-order chi connectivity index (χ0) is 10.1. The number of aldehydes is 1. The van der Waals surface area contributed by atoms with E-state index in [1.54, 1.807) is 17.9 Å². The van der Waals surface area contributed by atoms with Crippen LogP contribution in [0.4, 0.5) is 0 Å². The molecule has 4 nitrogen and oxygen atoms in total. The highest BCUT2D eigenvalue weighted by Crippen LogP contribution is 2.22. The summed E-state index contributed by atoms with van der Waals surface area (Å²) in [6, 6.07) is 3.66. The maximum absolute atomic E-state index is 10.7. The van der Waals surface area contributed by atoms with Crippen LogP contribution in [-0.2, 0) is 7.05 Å². The van der Waals surface area contributed by atoms with E-state index >= 15 is 0 Å². The number of furan rings is 1. The van der Waals surface area contributed by atoms with Crippen LogP contribution in [0.3, 0.4) is 0 Å². The number of carbonyl (C=O) groups excluding carboxylic acids is 1. The minimum Gasteiger partial charge on any atom is -0.460 e. The zero-order valence-corrected chi connectivity index (χ0v) is 8.02. The van der Waals surface area contributed by atoms with Crippen LogP contribution < -0.4 is 0 Å². The quantitative estimate of drug-likeness (QED) is 0.678. The Hall–Kier alpha value is -1.84. The Balaban J connectivity index is 2.55. The van der Waals surface area contributed by atoms with Gasteiger partial charge in [-0.25, -0.2) is 0 Å². The van der Waals surface area contributed by atoms with Crippen LogP contribution >= 0.6 is 0 Å². The number of aromatic nitrogens is 2. The van der Waals surface area contributed by atoms with Crippen molar-refractivity contribution in [3.63, 3.8) is 0 Å². The molecule has 0 spiro atoms. The fraction of sp³-hybridized carbons (Fsp3) is 0.200. The molecule has 0 aliphatic rings. The molecule has 2 rings (SSSR count). The van der Waals surface area contributed by atoms with Gasteiger partial charge in [0.2, 0.25) is 0 Å². The molecule has 0 aliphatic heterocycles. The summed E-state index contributed by atoms with van der Waals surface area (Å²) >= 11 is 0. The van der Waals surface area contributed by atoms with E-state index in [4.69, 9.17) is 4.42 Å². The third kappa shape index (κ3) is 1.35. The molecular formula is C10H10N2O2. The number of carbonyl (C=O) groups is 1. The molecule has 0 saturated carbocycles. The molecule has 4 heteroatoms. The van der Waals surface area contributed by atoms with Crippen molar-refractivity contribution in [1.82, 2.24) is 9.78 Å². The van der Waals surface area contributed by atoms with E-state index in [9.17, 15) is 4.79 Å². The van der Waals surface area contributed by atoms with Crippen molar-refractivity contribution in [3.05, 3.63) is 29.7 Å². The summed E-state index contributed by atoms with van der Waals surface area (Å²) in [5.41, 5.74) is 1.14. The first kappa shape index (κ1) is 8.74. The molecule has 0 fully saturated rings. The molecule has 2 aromatic heterocycles. The lowest BCUT2D eigenvalue weighted by atomic mass is 10.2. The lowest BCUT2D eigenvalue weighted by Gasteiger charge is -1.90. The minimum atomic E-state index is 0.543. The first-order chi connectivity index (χ1) is 6.70. The summed E-state index contributed by atoms with van der Waals surface area (Å²) in [6.45, 7) is 1.85. The molecule has 2 aromatic rings. The van der Waals surface area contributed by atoms with Crippen molar-refractivity contribution in [2.75, 3.05) is 0 Å². The Morgan fingerprint density at radius 3 is 2.86 bits per heavy atom. The Labute approximate surface area is 81.1 Å². The van der Waals surface area contributed by atoms with Gasteiger partial charge in [0.1, 0.15) is 11.5 Å². The predicted octanol–water partition coefficient (Wildman–Crippen LogP) is 1.80. The molecule has 0 unspecified atom stereocenters. The van der Waals surface area contributed by atoms with Gasteiger partial charge in [-0.2, -0.15) is 5.10 Å². The highest BCUT2D eigenvalue weighted by atomic mass is 16.3. The lowest BCUT2D eigenvalue weighted by Crippen LogP contribution is -1.86. The van der Waals surface area contributed by atoms with E-state index in [1.807, 2.05) is 19.1 Å². The van der Waals surface area contributed by atoms with Gasteiger partial charge in [0.25, 0.3) is 0 Å². The molecular weight excluding hydrogens is 180 g/mol. The van der Waals surface area contributed by atoms with Crippen molar-refractivity contribution in [2.45, 2.75) is 6.92 Å². The van der Waals surface area contributed by atoms with Crippen molar-refractivity contribution in [1.29, 1.82) is 0 Å². The molecule has 0 aromatic carbocycles. The third-order valence-corrected chi connectivity index (χ3v) is 1.96. The molecule has 2 heterocycles. The van der Waals surface area contributed by atoms with Gasteiger partial charge in [0.15, 0.2) is 12.0 Å². The average molecular weight is 190 g/mol. The Kier molecular flexibility index (Phi) is 1.96. The van der Waals surface area contributed by atoms with Gasteiger partial charge >= 0.3 is 0 Å². The van der Waals surface area contributed by atoms with E-state index in [-0.39, 0.29) is 0 Å². The largest absolute Gasteiger partial charge is 0.460 e. The lowest BCUT2D eigenvalue weighted by molar-refractivity contribution is 0.112. The molecule has 0 N–H and O–H groups in total. The molecule has 0 radical (unpaired) electrons. The Morgan fingerprint density at radius 1 is 1.50 bits per heavy atom. The first-order valence-corrected chi connectivity index (χ1v) is 4.26. The maximum Gasteiger partial charge on any atom is 0.155 e. The number of hydrogen-bond donors (Lipinski definition) is 0. The number of aryl methyl sites for hydroxylation is 2. The fourth-order valence-electron chi connectivity index (χ4n) is 1.35. The van der Waals surface area contributed by atoms with Crippen molar-refractivity contribution in [3.8, 4) is 11.5 Å². The van der Waals surface area contributed by atoms with Gasteiger partial charge in [-0.15, -0.1) is 0 Å². The fourth-order valence-corrected chi connectivity index (χ4v) is 1.35. The summed E-state index contributed by atoms with van der Waals surface area (Å²) < 4.78 is 6.98. The Morgan fingerprint density at radius 2 is 2.29 bits per heavy atom. The topological polar surface area (TPSA) is 48.0 Å². The first-order valence-electron chi connectivity index (χ1n) is 4.26. The molecule has 72 valence electrons. The normalized spacial score (nSPS) is 10.4. The average Bonchev–Trinajstić information content (AvgIpc) is 2.71. The van der Waals surface area contributed by atoms with Crippen LogP contribution in [0.2, 0.25) is 0 Å². The number of nitrogens with zero attached hydrogens (tertiary/aromatic N) is 2. The summed E-state index contributed by atoms with van der Waals surface area (Å²) in [5, 5.41) is 4.16. The monoisotopic (exact) mass is 190 g/mol. The van der Waals surface area contributed by atoms with Crippen LogP contribution in [-0.4, -0.2) is 16.1 Å². The zero-order valence-electron chi connectivity index (χ0n) is 8.02. The van der Waals surface area contributed by atoms with E-state index < -0.39 is 0 Å². The standard InChI is InChI=1S/C10H10N2O2/c1-7-3-4-9(14-7)10-8(6-13)5-12(2)11-10/h3-6H,1-2H3. The van der Waals surface area contributed by atoms with Crippen molar-refractivity contribution < 1.29 is 9.21 Å². The summed E-state index contributed by atoms with van der Waals surface area (Å²) in [4.78, 5) is 10.7. The van der Waals surface area contributed by atoms with Crippen molar-refractivity contribution in [2.24, 2.45) is 7.05 Å². The molecule has 14 heavy (non-hydrogen) atoms. The highest BCUT2D eigenvalue weighted by molar-refractivity contribution is 5.83. The van der Waals surface area contributed by atoms with Crippen LogP contribution in [0.15, 0.2) is 22.7 Å². The SMILES string of the molecule is Cc1ccc(-c2nn(C)cc2C=O)o1. The predicted molar refractivity (Wildman–Crippen MR) is 51.0 cm³/mol. The molecule has 0 saturated heterocycles. The molecule has 0 atom stereocenters. The molecule has 0 bridgehead atoms. The van der Waals surface area contributed by atoms with E-state index in [0.717, 1.165) is 12.0 Å². The van der Waals surface area contributed by atoms with Gasteiger partial charge in [-0.1, -0.05) is 0 Å². The van der Waals surface area contributed by atoms with E-state index in [1.165, 1.54) is 0 Å². The smallest absolute Gasteiger partial charge is 0.155 e. The number of hydrogen-bond acceptors (Lipinski definition) is 3. The highest BCUT2D eigenvalue weighted by Gasteiger charge is 2.12. The minimum absolute atomic E-state index is 0.543.